The van der Waals surface area contributed by atoms with Crippen molar-refractivity contribution in [3.05, 3.63) is 64.9 Å². The van der Waals surface area contributed by atoms with Crippen molar-refractivity contribution in [2.75, 3.05) is 6.26 Å². The Balaban J connectivity index is 1.75. The van der Waals surface area contributed by atoms with E-state index in [2.05, 4.69) is 10.3 Å². The van der Waals surface area contributed by atoms with E-state index in [0.29, 0.717) is 11.6 Å². The lowest BCUT2D eigenvalue weighted by Crippen LogP contribution is -2.27. The van der Waals surface area contributed by atoms with E-state index in [0.717, 1.165) is 28.2 Å². The maximum Gasteiger partial charge on any atom is 0.240 e. The van der Waals surface area contributed by atoms with Crippen molar-refractivity contribution in [1.29, 1.82) is 0 Å². The highest BCUT2D eigenvalue weighted by atomic mass is 35.5. The maximum atomic E-state index is 12.4. The number of carbonyl (C=O) groups is 1. The first-order valence-corrected chi connectivity index (χ1v) is 9.39. The SMILES string of the molecule is CSCc1nc2ccccc2n1CC(=O)NCc1ccccc1Cl. The number of nitrogens with zero attached hydrogens (tertiary/aromatic N) is 2. The van der Waals surface area contributed by atoms with Gasteiger partial charge in [0.15, 0.2) is 0 Å². The Bertz CT molecular complexity index is 862. The molecule has 0 saturated heterocycles. The lowest BCUT2D eigenvalue weighted by molar-refractivity contribution is -0.121. The van der Waals surface area contributed by atoms with Crippen LogP contribution in [-0.2, 0) is 23.6 Å². The van der Waals surface area contributed by atoms with E-state index in [4.69, 9.17) is 11.6 Å². The van der Waals surface area contributed by atoms with E-state index >= 15 is 0 Å². The number of fused-ring (bicyclic) bond motifs is 1. The molecule has 0 bridgehead atoms. The molecular weight excluding hydrogens is 342 g/mol. The molecule has 1 N–H and O–H groups in total. The third-order valence-electron chi connectivity index (χ3n) is 3.74. The van der Waals surface area contributed by atoms with Crippen molar-refractivity contribution in [2.24, 2.45) is 0 Å². The fraction of sp³-hybridized carbons (Fsp3) is 0.222. The van der Waals surface area contributed by atoms with Gasteiger partial charge in [-0.15, -0.1) is 0 Å². The number of nitrogens with one attached hydrogen (secondary N) is 1. The molecule has 0 aliphatic carbocycles. The number of imidazole rings is 1. The van der Waals surface area contributed by atoms with Gasteiger partial charge >= 0.3 is 0 Å². The van der Waals surface area contributed by atoms with Crippen molar-refractivity contribution in [3.63, 3.8) is 0 Å². The molecule has 0 spiro atoms. The Kier molecular flexibility index (Phi) is 5.43. The van der Waals surface area contributed by atoms with Crippen molar-refractivity contribution in [2.45, 2.75) is 18.8 Å². The molecule has 0 saturated carbocycles. The minimum Gasteiger partial charge on any atom is -0.350 e. The molecule has 0 unspecified atom stereocenters. The first-order valence-electron chi connectivity index (χ1n) is 7.62. The molecule has 3 rings (SSSR count). The minimum atomic E-state index is -0.0552. The summed E-state index contributed by atoms with van der Waals surface area (Å²) in [5.74, 6) is 1.63. The van der Waals surface area contributed by atoms with E-state index in [-0.39, 0.29) is 12.5 Å². The molecule has 0 aliphatic rings. The van der Waals surface area contributed by atoms with E-state index < -0.39 is 0 Å². The molecule has 6 heteroatoms. The smallest absolute Gasteiger partial charge is 0.240 e. The molecule has 24 heavy (non-hydrogen) atoms. The summed E-state index contributed by atoms with van der Waals surface area (Å²) < 4.78 is 1.98. The average molecular weight is 360 g/mol. The van der Waals surface area contributed by atoms with Gasteiger partial charge in [-0.1, -0.05) is 41.9 Å². The van der Waals surface area contributed by atoms with Gasteiger partial charge in [-0.05, 0) is 30.0 Å². The Morgan fingerprint density at radius 1 is 1.21 bits per heavy atom. The van der Waals surface area contributed by atoms with Crippen LogP contribution in [0.2, 0.25) is 5.02 Å². The second-order valence-electron chi connectivity index (χ2n) is 5.40. The Hall–Kier alpha value is -1.98. The highest BCUT2D eigenvalue weighted by molar-refractivity contribution is 7.97. The van der Waals surface area contributed by atoms with Gasteiger partial charge in [0.05, 0.1) is 16.8 Å². The van der Waals surface area contributed by atoms with Crippen molar-refractivity contribution < 1.29 is 4.79 Å². The van der Waals surface area contributed by atoms with Gasteiger partial charge in [-0.3, -0.25) is 4.79 Å². The number of hydrogen-bond donors (Lipinski definition) is 1. The van der Waals surface area contributed by atoms with Crippen LogP contribution in [0.4, 0.5) is 0 Å². The zero-order valence-electron chi connectivity index (χ0n) is 13.3. The first kappa shape index (κ1) is 16.9. The normalized spacial score (nSPS) is 10.9. The fourth-order valence-corrected chi connectivity index (χ4v) is 3.26. The number of halogens is 1. The molecular formula is C18H18ClN3OS. The molecule has 2 aromatic carbocycles. The predicted molar refractivity (Wildman–Crippen MR) is 100 cm³/mol. The van der Waals surface area contributed by atoms with E-state index in [9.17, 15) is 4.79 Å². The largest absolute Gasteiger partial charge is 0.350 e. The van der Waals surface area contributed by atoms with Crippen LogP contribution in [0.3, 0.4) is 0 Å². The van der Waals surface area contributed by atoms with Gasteiger partial charge in [0.25, 0.3) is 0 Å². The second-order valence-corrected chi connectivity index (χ2v) is 6.68. The number of aromatic nitrogens is 2. The standard InChI is InChI=1S/C18H18ClN3OS/c1-24-12-17-21-15-8-4-5-9-16(15)22(17)11-18(23)20-10-13-6-2-3-7-14(13)19/h2-9H,10-12H2,1H3,(H,20,23). The van der Waals surface area contributed by atoms with Crippen LogP contribution < -0.4 is 5.32 Å². The zero-order chi connectivity index (χ0) is 16.9. The van der Waals surface area contributed by atoms with Gasteiger partial charge in [0.2, 0.25) is 5.91 Å². The van der Waals surface area contributed by atoms with Crippen molar-refractivity contribution >= 4 is 40.3 Å². The summed E-state index contributed by atoms with van der Waals surface area (Å²) in [4.78, 5) is 17.0. The second kappa shape index (κ2) is 7.73. The first-order chi connectivity index (χ1) is 11.7. The lowest BCUT2D eigenvalue weighted by atomic mass is 10.2. The maximum absolute atomic E-state index is 12.4. The number of rotatable bonds is 6. The number of carbonyl (C=O) groups excluding carboxylic acids is 1. The molecule has 1 amide bonds. The predicted octanol–water partition coefficient (Wildman–Crippen LogP) is 3.87. The summed E-state index contributed by atoms with van der Waals surface area (Å²) in [5.41, 5.74) is 2.81. The van der Waals surface area contributed by atoms with Gasteiger partial charge in [-0.25, -0.2) is 4.98 Å². The molecule has 124 valence electrons. The monoisotopic (exact) mass is 359 g/mol. The zero-order valence-corrected chi connectivity index (χ0v) is 14.9. The average Bonchev–Trinajstić information content (AvgIpc) is 2.92. The van der Waals surface area contributed by atoms with Crippen LogP contribution in [0, 0.1) is 0 Å². The van der Waals surface area contributed by atoms with Crippen LogP contribution in [0.15, 0.2) is 48.5 Å². The Morgan fingerprint density at radius 2 is 1.96 bits per heavy atom. The third kappa shape index (κ3) is 3.74. The van der Waals surface area contributed by atoms with Crippen LogP contribution in [-0.4, -0.2) is 21.7 Å². The Morgan fingerprint density at radius 3 is 2.75 bits per heavy atom. The highest BCUT2D eigenvalue weighted by Gasteiger charge is 2.13. The molecule has 3 aromatic rings. The topological polar surface area (TPSA) is 46.9 Å². The van der Waals surface area contributed by atoms with Crippen molar-refractivity contribution in [3.8, 4) is 0 Å². The van der Waals surface area contributed by atoms with E-state index in [1.54, 1.807) is 11.8 Å². The number of benzene rings is 2. The van der Waals surface area contributed by atoms with Crippen LogP contribution in [0.5, 0.6) is 0 Å². The Labute approximate surface area is 150 Å². The van der Waals surface area contributed by atoms with Crippen LogP contribution >= 0.6 is 23.4 Å². The molecule has 0 fully saturated rings. The summed E-state index contributed by atoms with van der Waals surface area (Å²) in [7, 11) is 0. The number of hydrogen-bond acceptors (Lipinski definition) is 3. The van der Waals surface area contributed by atoms with Gasteiger partial charge < -0.3 is 9.88 Å². The van der Waals surface area contributed by atoms with Gasteiger partial charge in [0, 0.05) is 11.6 Å². The molecule has 1 heterocycles. The summed E-state index contributed by atoms with van der Waals surface area (Å²) in [5, 5.41) is 3.59. The van der Waals surface area contributed by atoms with Gasteiger partial charge in [-0.2, -0.15) is 11.8 Å². The summed E-state index contributed by atoms with van der Waals surface area (Å²) in [6, 6.07) is 15.4. The third-order valence-corrected chi connectivity index (χ3v) is 4.66. The van der Waals surface area contributed by atoms with E-state index in [1.807, 2.05) is 59.4 Å². The summed E-state index contributed by atoms with van der Waals surface area (Å²) in [6.45, 7) is 0.670. The fourth-order valence-electron chi connectivity index (χ4n) is 2.58. The summed E-state index contributed by atoms with van der Waals surface area (Å²) in [6.07, 6.45) is 2.03. The molecule has 1 aromatic heterocycles. The molecule has 0 aliphatic heterocycles. The molecule has 0 radical (unpaired) electrons. The number of thioether (sulfide) groups is 1. The van der Waals surface area contributed by atoms with Crippen molar-refractivity contribution in [1.82, 2.24) is 14.9 Å². The van der Waals surface area contributed by atoms with Gasteiger partial charge in [0.1, 0.15) is 12.4 Å². The quantitative estimate of drug-likeness (QED) is 0.726. The van der Waals surface area contributed by atoms with Crippen LogP contribution in [0.1, 0.15) is 11.4 Å². The van der Waals surface area contributed by atoms with Crippen LogP contribution in [0.25, 0.3) is 11.0 Å². The minimum absolute atomic E-state index is 0.0552. The molecule has 0 atom stereocenters. The van der Waals surface area contributed by atoms with E-state index in [1.165, 1.54) is 0 Å². The highest BCUT2D eigenvalue weighted by Crippen LogP contribution is 2.19. The summed E-state index contributed by atoms with van der Waals surface area (Å²) >= 11 is 7.82. The number of para-hydroxylation sites is 2. The molecule has 4 nitrogen and oxygen atoms in total. The number of amides is 1. The lowest BCUT2D eigenvalue weighted by Gasteiger charge is -2.10.